The van der Waals surface area contributed by atoms with Crippen molar-refractivity contribution in [3.63, 3.8) is 0 Å². The second-order valence-electron chi connectivity index (χ2n) is 3.86. The van der Waals surface area contributed by atoms with E-state index in [1.54, 1.807) is 4.90 Å². The fraction of sp³-hybridized carbons (Fsp3) is 0.889. The second-order valence-corrected chi connectivity index (χ2v) is 3.86. The molecule has 5 nitrogen and oxygen atoms in total. The van der Waals surface area contributed by atoms with Crippen molar-refractivity contribution in [1.29, 1.82) is 0 Å². The molecule has 0 aromatic carbocycles. The highest BCUT2D eigenvalue weighted by Gasteiger charge is 2.44. The number of carbonyl (C=O) groups is 1. The van der Waals surface area contributed by atoms with Crippen molar-refractivity contribution >= 4 is 6.41 Å². The minimum atomic E-state index is -1.13. The Morgan fingerprint density at radius 1 is 1.64 bits per heavy atom. The normalized spacial score (nSPS) is 38.6. The maximum absolute atomic E-state index is 10.8. The summed E-state index contributed by atoms with van der Waals surface area (Å²) in [5.41, 5.74) is 0. The molecule has 2 fully saturated rings. The topological polar surface area (TPSA) is 61.8 Å². The average Bonchev–Trinajstić information content (AvgIpc) is 2.66. The molecular weight excluding hydrogens is 184 g/mol. The van der Waals surface area contributed by atoms with Crippen LogP contribution in [0.25, 0.3) is 0 Å². The van der Waals surface area contributed by atoms with Gasteiger partial charge in [0.1, 0.15) is 0 Å². The quantitative estimate of drug-likeness (QED) is 0.556. The van der Waals surface area contributed by atoms with Crippen molar-refractivity contribution in [2.75, 3.05) is 26.2 Å². The van der Waals surface area contributed by atoms with Crippen LogP contribution in [0.5, 0.6) is 0 Å². The summed E-state index contributed by atoms with van der Waals surface area (Å²) in [6, 6.07) is -0.240. The highest BCUT2D eigenvalue weighted by atomic mass is 16.6. The predicted octanol–water partition coefficient (Wildman–Crippen LogP) is -1.08. The Morgan fingerprint density at radius 3 is 3.14 bits per heavy atom. The van der Waals surface area contributed by atoms with Crippen LogP contribution in [0.4, 0.5) is 0 Å². The first-order valence-corrected chi connectivity index (χ1v) is 5.04. The molecule has 0 aliphatic carbocycles. The third-order valence-electron chi connectivity index (χ3n) is 2.97. The Kier molecular flexibility index (Phi) is 2.71. The predicted molar refractivity (Wildman–Crippen MR) is 49.6 cm³/mol. The van der Waals surface area contributed by atoms with Gasteiger partial charge < -0.3 is 20.1 Å². The van der Waals surface area contributed by atoms with Gasteiger partial charge in [-0.05, 0) is 6.42 Å². The first kappa shape index (κ1) is 9.89. The highest BCUT2D eigenvalue weighted by molar-refractivity contribution is 5.48. The Balaban J connectivity index is 2.09. The molecule has 2 aliphatic rings. The zero-order chi connectivity index (χ0) is 10.0. The number of nitrogens with one attached hydrogen (secondary N) is 1. The number of piperazine rings is 1. The van der Waals surface area contributed by atoms with Crippen LogP contribution in [0.3, 0.4) is 0 Å². The van der Waals surface area contributed by atoms with Gasteiger partial charge in [0.15, 0.2) is 5.79 Å². The van der Waals surface area contributed by atoms with Gasteiger partial charge in [0.05, 0.1) is 12.6 Å². The summed E-state index contributed by atoms with van der Waals surface area (Å²) >= 11 is 0. The molecule has 0 saturated carbocycles. The van der Waals surface area contributed by atoms with Gasteiger partial charge >= 0.3 is 0 Å². The average molecular weight is 200 g/mol. The van der Waals surface area contributed by atoms with Crippen molar-refractivity contribution in [2.24, 2.45) is 0 Å². The molecule has 2 saturated heterocycles. The van der Waals surface area contributed by atoms with Gasteiger partial charge in [-0.3, -0.25) is 4.79 Å². The van der Waals surface area contributed by atoms with Gasteiger partial charge in [-0.15, -0.1) is 0 Å². The van der Waals surface area contributed by atoms with E-state index in [2.05, 4.69) is 5.32 Å². The maximum Gasteiger partial charge on any atom is 0.210 e. The van der Waals surface area contributed by atoms with Crippen molar-refractivity contribution in [3.05, 3.63) is 0 Å². The smallest absolute Gasteiger partial charge is 0.210 e. The molecule has 0 unspecified atom stereocenters. The summed E-state index contributed by atoms with van der Waals surface area (Å²) in [5.74, 6) is -1.13. The lowest BCUT2D eigenvalue weighted by atomic mass is 10.0. The van der Waals surface area contributed by atoms with Crippen LogP contribution in [0.15, 0.2) is 0 Å². The van der Waals surface area contributed by atoms with Crippen molar-refractivity contribution in [1.82, 2.24) is 10.2 Å². The molecule has 0 radical (unpaired) electrons. The number of amides is 1. The zero-order valence-corrected chi connectivity index (χ0v) is 8.11. The number of hydrogen-bond donors (Lipinski definition) is 2. The van der Waals surface area contributed by atoms with E-state index in [1.165, 1.54) is 0 Å². The van der Waals surface area contributed by atoms with E-state index in [4.69, 9.17) is 4.74 Å². The van der Waals surface area contributed by atoms with E-state index >= 15 is 0 Å². The standard InChI is InChI=1S/C9H16N2O3/c12-7-11-4-3-10-6-8(11)9(13)2-1-5-14-9/h7-8,10,13H,1-6H2/t8-,9+/m1/s1. The molecule has 2 rings (SSSR count). The van der Waals surface area contributed by atoms with Crippen molar-refractivity contribution in [2.45, 2.75) is 24.7 Å². The summed E-state index contributed by atoms with van der Waals surface area (Å²) in [4.78, 5) is 12.4. The molecule has 1 amide bonds. The lowest BCUT2D eigenvalue weighted by Gasteiger charge is -2.41. The van der Waals surface area contributed by atoms with Crippen LogP contribution in [0.2, 0.25) is 0 Å². The van der Waals surface area contributed by atoms with E-state index in [9.17, 15) is 9.90 Å². The number of rotatable bonds is 2. The molecule has 2 atom stereocenters. The number of nitrogens with zero attached hydrogens (tertiary/aromatic N) is 1. The summed E-state index contributed by atoms with van der Waals surface area (Å²) < 4.78 is 5.33. The third kappa shape index (κ3) is 1.63. The number of aliphatic hydroxyl groups is 1. The van der Waals surface area contributed by atoms with Crippen LogP contribution in [-0.2, 0) is 9.53 Å². The van der Waals surface area contributed by atoms with Crippen molar-refractivity contribution in [3.8, 4) is 0 Å². The van der Waals surface area contributed by atoms with Crippen molar-refractivity contribution < 1.29 is 14.6 Å². The van der Waals surface area contributed by atoms with E-state index in [-0.39, 0.29) is 6.04 Å². The highest BCUT2D eigenvalue weighted by Crippen LogP contribution is 2.29. The lowest BCUT2D eigenvalue weighted by molar-refractivity contribution is -0.213. The fourth-order valence-electron chi connectivity index (χ4n) is 2.17. The van der Waals surface area contributed by atoms with Gasteiger partial charge in [0.2, 0.25) is 6.41 Å². The summed E-state index contributed by atoms with van der Waals surface area (Å²) in [5, 5.41) is 13.3. The molecule has 5 heteroatoms. The van der Waals surface area contributed by atoms with Gasteiger partial charge in [-0.1, -0.05) is 0 Å². The zero-order valence-electron chi connectivity index (χ0n) is 8.11. The Hall–Kier alpha value is -0.650. The molecule has 14 heavy (non-hydrogen) atoms. The minimum Gasteiger partial charge on any atom is -0.364 e. The van der Waals surface area contributed by atoms with E-state index in [0.29, 0.717) is 26.1 Å². The monoisotopic (exact) mass is 200 g/mol. The molecule has 80 valence electrons. The number of hydrogen-bond acceptors (Lipinski definition) is 4. The van der Waals surface area contributed by atoms with Crippen LogP contribution in [0, 0.1) is 0 Å². The van der Waals surface area contributed by atoms with Gasteiger partial charge in [0, 0.05) is 26.1 Å². The molecule has 2 heterocycles. The minimum absolute atomic E-state index is 0.240. The molecule has 0 aromatic rings. The lowest BCUT2D eigenvalue weighted by Crippen LogP contribution is -2.61. The van der Waals surface area contributed by atoms with Gasteiger partial charge in [-0.2, -0.15) is 0 Å². The molecule has 2 N–H and O–H groups in total. The van der Waals surface area contributed by atoms with Crippen LogP contribution < -0.4 is 5.32 Å². The largest absolute Gasteiger partial charge is 0.364 e. The molecule has 0 aromatic heterocycles. The molecule has 0 spiro atoms. The third-order valence-corrected chi connectivity index (χ3v) is 2.97. The molecular formula is C9H16N2O3. The van der Waals surface area contributed by atoms with Crippen LogP contribution in [0.1, 0.15) is 12.8 Å². The Bertz CT molecular complexity index is 216. The second kappa shape index (κ2) is 3.84. The summed E-state index contributed by atoms with van der Waals surface area (Å²) in [6.07, 6.45) is 2.27. The maximum atomic E-state index is 10.8. The Labute approximate surface area is 83.0 Å². The van der Waals surface area contributed by atoms with Gasteiger partial charge in [0.25, 0.3) is 0 Å². The first-order valence-electron chi connectivity index (χ1n) is 5.04. The molecule has 2 aliphatic heterocycles. The summed E-state index contributed by atoms with van der Waals surface area (Å²) in [7, 11) is 0. The molecule has 0 bridgehead atoms. The number of ether oxygens (including phenoxy) is 1. The van der Waals surface area contributed by atoms with E-state index in [1.807, 2.05) is 0 Å². The Morgan fingerprint density at radius 2 is 2.50 bits per heavy atom. The van der Waals surface area contributed by atoms with Crippen LogP contribution in [-0.4, -0.2) is 54.5 Å². The summed E-state index contributed by atoms with van der Waals surface area (Å²) in [6.45, 7) is 2.61. The van der Waals surface area contributed by atoms with E-state index in [0.717, 1.165) is 19.4 Å². The number of carbonyl (C=O) groups excluding carboxylic acids is 1. The van der Waals surface area contributed by atoms with Crippen LogP contribution >= 0.6 is 0 Å². The SMILES string of the molecule is O=CN1CCNC[C@@H]1[C@]1(O)CCCO1. The van der Waals surface area contributed by atoms with Gasteiger partial charge in [-0.25, -0.2) is 0 Å². The fourth-order valence-corrected chi connectivity index (χ4v) is 2.17. The van der Waals surface area contributed by atoms with E-state index < -0.39 is 5.79 Å². The first-order chi connectivity index (χ1) is 6.76.